The van der Waals surface area contributed by atoms with Gasteiger partial charge in [0.05, 0.1) is 6.42 Å². The maximum Gasteiger partial charge on any atom is 0.304 e. The third kappa shape index (κ3) is 4.27. The Morgan fingerprint density at radius 2 is 1.90 bits per heavy atom. The number of carboxylic acids is 1. The van der Waals surface area contributed by atoms with Gasteiger partial charge in [0.15, 0.2) is 0 Å². The lowest BCUT2D eigenvalue weighted by Crippen LogP contribution is -2.33. The standard InChI is InChI=1S/C17H24O2S/c1-13-3-5-15(6-4-13)12-20-17(11-16(18)19)9-7-14(2)8-10-17/h3-6,14H,7-12H2,1-2H3,(H,18,19). The Kier molecular flexibility index (Phi) is 5.14. The second-order valence-corrected chi connectivity index (χ2v) is 7.65. The lowest BCUT2D eigenvalue weighted by Gasteiger charge is -2.38. The molecule has 1 N–H and O–H groups in total. The summed E-state index contributed by atoms with van der Waals surface area (Å²) in [7, 11) is 0. The molecule has 3 heteroatoms. The van der Waals surface area contributed by atoms with Gasteiger partial charge in [0.2, 0.25) is 0 Å². The highest BCUT2D eigenvalue weighted by Gasteiger charge is 2.36. The molecule has 1 aliphatic carbocycles. The van der Waals surface area contributed by atoms with Crippen LogP contribution in [0.5, 0.6) is 0 Å². The van der Waals surface area contributed by atoms with E-state index in [2.05, 4.69) is 38.1 Å². The molecule has 2 nitrogen and oxygen atoms in total. The summed E-state index contributed by atoms with van der Waals surface area (Å²) in [6.07, 6.45) is 4.70. The zero-order valence-electron chi connectivity index (χ0n) is 12.4. The molecule has 0 bridgehead atoms. The number of carbonyl (C=O) groups is 1. The van der Waals surface area contributed by atoms with Gasteiger partial charge >= 0.3 is 5.97 Å². The Bertz CT molecular complexity index is 445. The average molecular weight is 292 g/mol. The molecule has 0 aromatic heterocycles. The fourth-order valence-corrected chi connectivity index (χ4v) is 4.27. The van der Waals surface area contributed by atoms with Crippen LogP contribution in [0.15, 0.2) is 24.3 Å². The van der Waals surface area contributed by atoms with Crippen LogP contribution in [0.25, 0.3) is 0 Å². The van der Waals surface area contributed by atoms with Gasteiger partial charge in [-0.05, 0) is 44.1 Å². The van der Waals surface area contributed by atoms with E-state index in [1.54, 1.807) is 0 Å². The molecule has 110 valence electrons. The summed E-state index contributed by atoms with van der Waals surface area (Å²) in [6.45, 7) is 4.36. The average Bonchev–Trinajstić information content (AvgIpc) is 2.41. The molecule has 0 amide bonds. The molecular formula is C17H24O2S. The van der Waals surface area contributed by atoms with Crippen molar-refractivity contribution in [2.75, 3.05) is 0 Å². The van der Waals surface area contributed by atoms with E-state index in [0.29, 0.717) is 6.42 Å². The maximum absolute atomic E-state index is 11.2. The predicted octanol–water partition coefficient (Wildman–Crippen LogP) is 4.65. The lowest BCUT2D eigenvalue weighted by molar-refractivity contribution is -0.137. The van der Waals surface area contributed by atoms with E-state index in [1.807, 2.05) is 11.8 Å². The van der Waals surface area contributed by atoms with Crippen LogP contribution in [-0.4, -0.2) is 15.8 Å². The van der Waals surface area contributed by atoms with Crippen molar-refractivity contribution in [3.63, 3.8) is 0 Å². The molecule has 2 rings (SSSR count). The largest absolute Gasteiger partial charge is 0.481 e. The molecule has 20 heavy (non-hydrogen) atoms. The molecule has 0 atom stereocenters. The Labute approximate surface area is 126 Å². The van der Waals surface area contributed by atoms with Crippen LogP contribution in [0.1, 0.15) is 50.2 Å². The van der Waals surface area contributed by atoms with Gasteiger partial charge in [0.1, 0.15) is 0 Å². The molecule has 1 aliphatic rings. The smallest absolute Gasteiger partial charge is 0.304 e. The monoisotopic (exact) mass is 292 g/mol. The third-order valence-corrected chi connectivity index (χ3v) is 5.97. The van der Waals surface area contributed by atoms with Gasteiger partial charge in [0.25, 0.3) is 0 Å². The molecule has 0 spiro atoms. The second-order valence-electron chi connectivity index (χ2n) is 6.21. The normalized spacial score (nSPS) is 26.4. The van der Waals surface area contributed by atoms with Gasteiger partial charge < -0.3 is 5.11 Å². The van der Waals surface area contributed by atoms with Crippen molar-refractivity contribution in [3.8, 4) is 0 Å². The number of aliphatic carboxylic acids is 1. The number of aryl methyl sites for hydroxylation is 1. The summed E-state index contributed by atoms with van der Waals surface area (Å²) in [5.41, 5.74) is 2.56. The van der Waals surface area contributed by atoms with E-state index in [0.717, 1.165) is 37.4 Å². The van der Waals surface area contributed by atoms with E-state index in [4.69, 9.17) is 0 Å². The van der Waals surface area contributed by atoms with Gasteiger partial charge in [-0.25, -0.2) is 0 Å². The van der Waals surface area contributed by atoms with Crippen LogP contribution in [-0.2, 0) is 10.5 Å². The van der Waals surface area contributed by atoms with E-state index in [-0.39, 0.29) is 4.75 Å². The zero-order chi connectivity index (χ0) is 14.6. The first-order chi connectivity index (χ1) is 9.49. The summed E-state index contributed by atoms with van der Waals surface area (Å²) in [5.74, 6) is 1.01. The highest BCUT2D eigenvalue weighted by atomic mass is 32.2. The van der Waals surface area contributed by atoms with Crippen LogP contribution in [0.4, 0.5) is 0 Å². The first kappa shape index (κ1) is 15.4. The Morgan fingerprint density at radius 3 is 2.45 bits per heavy atom. The fraction of sp³-hybridized carbons (Fsp3) is 0.588. The van der Waals surface area contributed by atoms with Gasteiger partial charge in [-0.2, -0.15) is 0 Å². The second kappa shape index (κ2) is 6.66. The molecule has 0 aliphatic heterocycles. The summed E-state index contributed by atoms with van der Waals surface area (Å²) in [5, 5.41) is 9.22. The van der Waals surface area contributed by atoms with Crippen LogP contribution < -0.4 is 0 Å². The number of hydrogen-bond donors (Lipinski definition) is 1. The summed E-state index contributed by atoms with van der Waals surface area (Å²) < 4.78 is -0.0524. The predicted molar refractivity (Wildman–Crippen MR) is 85.1 cm³/mol. The van der Waals surface area contributed by atoms with Gasteiger partial charge in [0, 0.05) is 10.5 Å². The van der Waals surface area contributed by atoms with Crippen molar-refractivity contribution in [2.45, 2.75) is 56.5 Å². The SMILES string of the molecule is Cc1ccc(CSC2(CC(=O)O)CCC(C)CC2)cc1. The van der Waals surface area contributed by atoms with Crippen LogP contribution in [0.3, 0.4) is 0 Å². The molecule has 1 aromatic carbocycles. The van der Waals surface area contributed by atoms with Crippen molar-refractivity contribution in [1.82, 2.24) is 0 Å². The molecule has 1 saturated carbocycles. The van der Waals surface area contributed by atoms with E-state index < -0.39 is 5.97 Å². The van der Waals surface area contributed by atoms with E-state index >= 15 is 0 Å². The minimum atomic E-state index is -0.657. The maximum atomic E-state index is 11.2. The molecule has 1 fully saturated rings. The minimum absolute atomic E-state index is 0.0524. The number of thioether (sulfide) groups is 1. The van der Waals surface area contributed by atoms with Gasteiger partial charge in [-0.1, -0.05) is 36.8 Å². The van der Waals surface area contributed by atoms with Crippen molar-refractivity contribution >= 4 is 17.7 Å². The Hall–Kier alpha value is -0.960. The van der Waals surface area contributed by atoms with Gasteiger partial charge in [-0.15, -0.1) is 11.8 Å². The number of rotatable bonds is 5. The number of carboxylic acid groups (broad SMARTS) is 1. The highest BCUT2D eigenvalue weighted by molar-refractivity contribution is 7.99. The molecule has 0 saturated heterocycles. The minimum Gasteiger partial charge on any atom is -0.481 e. The topological polar surface area (TPSA) is 37.3 Å². The third-order valence-electron chi connectivity index (χ3n) is 4.32. The molecule has 0 radical (unpaired) electrons. The summed E-state index contributed by atoms with van der Waals surface area (Å²) in [4.78, 5) is 11.2. The first-order valence-corrected chi connectivity index (χ1v) is 8.39. The fourth-order valence-electron chi connectivity index (χ4n) is 2.86. The Morgan fingerprint density at radius 1 is 1.30 bits per heavy atom. The quantitative estimate of drug-likeness (QED) is 0.858. The lowest BCUT2D eigenvalue weighted by atomic mass is 9.80. The van der Waals surface area contributed by atoms with E-state index in [9.17, 15) is 9.90 Å². The van der Waals surface area contributed by atoms with Crippen molar-refractivity contribution in [1.29, 1.82) is 0 Å². The van der Waals surface area contributed by atoms with Crippen LogP contribution in [0, 0.1) is 12.8 Å². The van der Waals surface area contributed by atoms with Crippen LogP contribution >= 0.6 is 11.8 Å². The summed E-state index contributed by atoms with van der Waals surface area (Å²) >= 11 is 1.85. The van der Waals surface area contributed by atoms with Gasteiger partial charge in [-0.3, -0.25) is 4.79 Å². The number of hydrogen-bond acceptors (Lipinski definition) is 2. The molecular weight excluding hydrogens is 268 g/mol. The van der Waals surface area contributed by atoms with Crippen molar-refractivity contribution in [2.24, 2.45) is 5.92 Å². The Balaban J connectivity index is 2.00. The van der Waals surface area contributed by atoms with Crippen molar-refractivity contribution < 1.29 is 9.90 Å². The van der Waals surface area contributed by atoms with Crippen LogP contribution in [0.2, 0.25) is 0 Å². The zero-order valence-corrected chi connectivity index (χ0v) is 13.2. The highest BCUT2D eigenvalue weighted by Crippen LogP contribution is 2.45. The molecule has 1 aromatic rings. The first-order valence-electron chi connectivity index (χ1n) is 7.40. The molecule has 0 unspecified atom stereocenters. The number of benzene rings is 1. The molecule has 0 heterocycles. The van der Waals surface area contributed by atoms with E-state index in [1.165, 1.54) is 11.1 Å². The summed E-state index contributed by atoms with van der Waals surface area (Å²) in [6, 6.07) is 8.57. The van der Waals surface area contributed by atoms with Crippen molar-refractivity contribution in [3.05, 3.63) is 35.4 Å².